The van der Waals surface area contributed by atoms with Gasteiger partial charge in [-0.2, -0.15) is 13.2 Å². The molecular weight excluding hydrogens is 367 g/mol. The first-order valence-electron chi connectivity index (χ1n) is 9.77. The number of carbonyl (C=O) groups excluding carboxylic acids is 1. The van der Waals surface area contributed by atoms with Crippen LogP contribution in [0.3, 0.4) is 0 Å². The van der Waals surface area contributed by atoms with Crippen LogP contribution in [-0.2, 0) is 11.2 Å². The number of H-pyrrole nitrogens is 1. The van der Waals surface area contributed by atoms with Crippen LogP contribution in [0.1, 0.15) is 30.9 Å². The molecule has 4 rings (SSSR count). The molecule has 2 N–H and O–H groups in total. The Kier molecular flexibility index (Phi) is 4.95. The second-order valence-corrected chi connectivity index (χ2v) is 7.64. The van der Waals surface area contributed by atoms with Gasteiger partial charge >= 0.3 is 6.18 Å². The van der Waals surface area contributed by atoms with Crippen molar-refractivity contribution in [1.82, 2.24) is 15.2 Å². The third kappa shape index (κ3) is 3.55. The van der Waals surface area contributed by atoms with Crippen molar-refractivity contribution in [1.29, 1.82) is 0 Å². The van der Waals surface area contributed by atoms with E-state index in [-0.39, 0.29) is 18.5 Å². The van der Waals surface area contributed by atoms with E-state index >= 15 is 0 Å². The molecule has 150 valence electrons. The summed E-state index contributed by atoms with van der Waals surface area (Å²) in [6.45, 7) is 2.76. The van der Waals surface area contributed by atoms with Crippen LogP contribution in [0.5, 0.6) is 0 Å². The number of nitrogens with zero attached hydrogens (tertiary/aromatic N) is 1. The number of hydrogen-bond donors (Lipinski definition) is 2. The van der Waals surface area contributed by atoms with Crippen LogP contribution in [0.4, 0.5) is 13.2 Å². The Balaban J connectivity index is 1.71. The number of amides is 1. The smallest absolute Gasteiger partial charge is 0.361 e. The summed E-state index contributed by atoms with van der Waals surface area (Å²) in [5, 5.41) is 4.01. The molecule has 2 heterocycles. The molecule has 0 bridgehead atoms. The number of benzene rings is 1. The largest absolute Gasteiger partial charge is 0.390 e. The van der Waals surface area contributed by atoms with Gasteiger partial charge in [0.2, 0.25) is 5.91 Å². The lowest BCUT2D eigenvalue weighted by Gasteiger charge is -2.41. The highest BCUT2D eigenvalue weighted by molar-refractivity contribution is 5.99. The topological polar surface area (TPSA) is 48.1 Å². The summed E-state index contributed by atoms with van der Waals surface area (Å²) in [5.74, 6) is -0.557. The van der Waals surface area contributed by atoms with Crippen LogP contribution in [-0.4, -0.2) is 47.6 Å². The lowest BCUT2D eigenvalue weighted by atomic mass is 9.79. The molecule has 0 fully saturated rings. The number of fused-ring (bicyclic) bond motifs is 2. The summed E-state index contributed by atoms with van der Waals surface area (Å²) in [6.07, 6.45) is 0.322. The Labute approximate surface area is 161 Å². The maximum atomic E-state index is 12.9. The van der Waals surface area contributed by atoms with E-state index in [1.54, 1.807) is 0 Å². The highest BCUT2D eigenvalue weighted by atomic mass is 19.4. The van der Waals surface area contributed by atoms with Crippen molar-refractivity contribution in [2.45, 2.75) is 38.4 Å². The van der Waals surface area contributed by atoms with Crippen molar-refractivity contribution in [2.75, 3.05) is 19.6 Å². The van der Waals surface area contributed by atoms with E-state index in [4.69, 9.17) is 0 Å². The fourth-order valence-electron chi connectivity index (χ4n) is 4.39. The Morgan fingerprint density at radius 2 is 2.18 bits per heavy atom. The second kappa shape index (κ2) is 7.28. The highest BCUT2D eigenvalue weighted by Crippen LogP contribution is 2.41. The van der Waals surface area contributed by atoms with Crippen molar-refractivity contribution in [3.63, 3.8) is 0 Å². The maximum absolute atomic E-state index is 12.9. The first-order valence-corrected chi connectivity index (χ1v) is 9.77. The minimum absolute atomic E-state index is 0.0984. The van der Waals surface area contributed by atoms with E-state index in [1.807, 2.05) is 42.3 Å². The van der Waals surface area contributed by atoms with Gasteiger partial charge in [-0.05, 0) is 35.6 Å². The second-order valence-electron chi connectivity index (χ2n) is 7.64. The number of alkyl halides is 3. The lowest BCUT2D eigenvalue weighted by Crippen LogP contribution is -2.49. The molecular formula is C21H24F3N3O. The number of hydrogen-bond acceptors (Lipinski definition) is 2. The number of rotatable bonds is 5. The molecule has 0 saturated heterocycles. The maximum Gasteiger partial charge on any atom is 0.390 e. The minimum Gasteiger partial charge on any atom is -0.361 e. The van der Waals surface area contributed by atoms with E-state index in [9.17, 15) is 18.0 Å². The summed E-state index contributed by atoms with van der Waals surface area (Å²) in [6, 6.07) is 5.82. The number of nitrogens with one attached hydrogen (secondary N) is 2. The van der Waals surface area contributed by atoms with E-state index in [1.165, 1.54) is 0 Å². The van der Waals surface area contributed by atoms with Gasteiger partial charge in [-0.25, -0.2) is 0 Å². The fourth-order valence-corrected chi connectivity index (χ4v) is 4.39. The summed E-state index contributed by atoms with van der Waals surface area (Å²) in [7, 11) is 0. The Hall–Kier alpha value is -2.28. The van der Waals surface area contributed by atoms with Gasteiger partial charge < -0.3 is 10.3 Å². The third-order valence-electron chi connectivity index (χ3n) is 5.69. The molecule has 28 heavy (non-hydrogen) atoms. The SMILES string of the molecule is CCCNC(=O)C1C=C2c3cccc4[nH]cc(c34)CC2N(CCC(F)(F)F)C1. The molecule has 2 unspecified atom stereocenters. The van der Waals surface area contributed by atoms with E-state index < -0.39 is 18.5 Å². The lowest BCUT2D eigenvalue weighted by molar-refractivity contribution is -0.139. The molecule has 1 amide bonds. The minimum atomic E-state index is -4.21. The van der Waals surface area contributed by atoms with Crippen LogP contribution >= 0.6 is 0 Å². The molecule has 1 aliphatic heterocycles. The number of carbonyl (C=O) groups is 1. The summed E-state index contributed by atoms with van der Waals surface area (Å²) >= 11 is 0. The molecule has 1 aromatic heterocycles. The number of halogens is 3. The zero-order valence-electron chi connectivity index (χ0n) is 15.8. The summed E-state index contributed by atoms with van der Waals surface area (Å²) in [4.78, 5) is 17.7. The van der Waals surface area contributed by atoms with E-state index in [0.29, 0.717) is 19.5 Å². The van der Waals surface area contributed by atoms with E-state index in [0.717, 1.165) is 34.0 Å². The monoisotopic (exact) mass is 391 g/mol. The van der Waals surface area contributed by atoms with Gasteiger partial charge in [-0.1, -0.05) is 25.1 Å². The van der Waals surface area contributed by atoms with Crippen molar-refractivity contribution in [3.05, 3.63) is 41.6 Å². The van der Waals surface area contributed by atoms with Crippen molar-refractivity contribution < 1.29 is 18.0 Å². The van der Waals surface area contributed by atoms with Gasteiger partial charge in [0.1, 0.15) is 0 Å². The molecule has 1 aromatic carbocycles. The molecule has 7 heteroatoms. The van der Waals surface area contributed by atoms with Gasteiger partial charge in [0, 0.05) is 42.8 Å². The van der Waals surface area contributed by atoms with Crippen LogP contribution in [0.15, 0.2) is 30.5 Å². The van der Waals surface area contributed by atoms with Gasteiger partial charge in [0.05, 0.1) is 12.3 Å². The first-order chi connectivity index (χ1) is 13.4. The summed E-state index contributed by atoms with van der Waals surface area (Å²) < 4.78 is 38.7. The van der Waals surface area contributed by atoms with Gasteiger partial charge in [-0.3, -0.25) is 9.69 Å². The standard InChI is InChI=1S/C21H24F3N3O/c1-2-7-25-20(28)14-9-16-15-4-3-5-17-19(15)13(11-26-17)10-18(16)27(12-14)8-6-21(22,23)24/h3-5,9,11,14,18,26H,2,6-8,10,12H2,1H3,(H,25,28). The average Bonchev–Trinajstić information content (AvgIpc) is 3.08. The summed E-state index contributed by atoms with van der Waals surface area (Å²) in [5.41, 5.74) is 4.14. The van der Waals surface area contributed by atoms with Crippen LogP contribution in [0.25, 0.3) is 16.5 Å². The molecule has 0 radical (unpaired) electrons. The highest BCUT2D eigenvalue weighted by Gasteiger charge is 2.38. The van der Waals surface area contributed by atoms with Crippen molar-refractivity contribution >= 4 is 22.4 Å². The molecule has 0 spiro atoms. The molecule has 4 nitrogen and oxygen atoms in total. The van der Waals surface area contributed by atoms with Crippen LogP contribution in [0.2, 0.25) is 0 Å². The van der Waals surface area contributed by atoms with Crippen molar-refractivity contribution in [2.24, 2.45) is 5.92 Å². The molecule has 1 aliphatic carbocycles. The molecule has 2 aromatic rings. The Morgan fingerprint density at radius 1 is 1.36 bits per heavy atom. The number of aromatic nitrogens is 1. The molecule has 2 atom stereocenters. The quantitative estimate of drug-likeness (QED) is 0.813. The van der Waals surface area contributed by atoms with E-state index in [2.05, 4.69) is 10.3 Å². The van der Waals surface area contributed by atoms with Crippen LogP contribution < -0.4 is 5.32 Å². The fraction of sp³-hybridized carbons (Fsp3) is 0.476. The predicted octanol–water partition coefficient (Wildman–Crippen LogP) is 3.89. The number of aromatic amines is 1. The normalized spacial score (nSPS) is 22.1. The average molecular weight is 391 g/mol. The first kappa shape index (κ1) is 19.1. The zero-order valence-corrected chi connectivity index (χ0v) is 15.8. The van der Waals surface area contributed by atoms with Gasteiger partial charge in [-0.15, -0.1) is 0 Å². The molecule has 0 saturated carbocycles. The Morgan fingerprint density at radius 3 is 2.93 bits per heavy atom. The van der Waals surface area contributed by atoms with Gasteiger partial charge in [0.15, 0.2) is 0 Å². The molecule has 2 aliphatic rings. The van der Waals surface area contributed by atoms with Crippen LogP contribution in [0, 0.1) is 5.92 Å². The van der Waals surface area contributed by atoms with Gasteiger partial charge in [0.25, 0.3) is 0 Å². The third-order valence-corrected chi connectivity index (χ3v) is 5.69. The predicted molar refractivity (Wildman–Crippen MR) is 103 cm³/mol. The zero-order chi connectivity index (χ0) is 19.9. The Bertz CT molecular complexity index is 915. The van der Waals surface area contributed by atoms with Crippen molar-refractivity contribution in [3.8, 4) is 0 Å².